The molecule has 3 rings (SSSR count). The first-order valence-corrected chi connectivity index (χ1v) is 8.84. The fourth-order valence-corrected chi connectivity index (χ4v) is 3.21. The molecule has 5 heteroatoms. The minimum atomic E-state index is -0.496. The maximum atomic E-state index is 12.6. The number of imidazole rings is 1. The molecule has 5 nitrogen and oxygen atoms in total. The molecule has 0 aliphatic carbocycles. The lowest BCUT2D eigenvalue weighted by molar-refractivity contribution is 0.0214. The first-order chi connectivity index (χ1) is 11.7. The van der Waals surface area contributed by atoms with Gasteiger partial charge in [0.25, 0.3) is 0 Å². The van der Waals surface area contributed by atoms with E-state index in [9.17, 15) is 4.79 Å². The second-order valence-corrected chi connectivity index (χ2v) is 8.04. The molecule has 1 amide bonds. The van der Waals surface area contributed by atoms with Gasteiger partial charge in [0.2, 0.25) is 0 Å². The predicted octanol–water partition coefficient (Wildman–Crippen LogP) is 4.70. The lowest BCUT2D eigenvalue weighted by atomic mass is 10.1. The maximum absolute atomic E-state index is 12.6. The molecule has 0 radical (unpaired) electrons. The summed E-state index contributed by atoms with van der Waals surface area (Å²) >= 11 is 0. The zero-order valence-electron chi connectivity index (χ0n) is 15.7. The van der Waals surface area contributed by atoms with Crippen LogP contribution in [0.1, 0.15) is 51.5 Å². The number of amides is 1. The SMILES string of the molecule is Cc1ccc(-c2cnc([C@@H]3C[C@@H](C)CN3C(=O)OC(C)(C)C)[nH]2)cc1. The van der Waals surface area contributed by atoms with Gasteiger partial charge in [0, 0.05) is 6.54 Å². The van der Waals surface area contributed by atoms with Gasteiger partial charge in [0.05, 0.1) is 17.9 Å². The van der Waals surface area contributed by atoms with E-state index in [1.807, 2.05) is 27.0 Å². The van der Waals surface area contributed by atoms with Crippen molar-refractivity contribution < 1.29 is 9.53 Å². The van der Waals surface area contributed by atoms with Gasteiger partial charge in [-0.2, -0.15) is 0 Å². The Morgan fingerprint density at radius 1 is 1.28 bits per heavy atom. The van der Waals surface area contributed by atoms with Gasteiger partial charge in [-0.15, -0.1) is 0 Å². The zero-order valence-corrected chi connectivity index (χ0v) is 15.7. The lowest BCUT2D eigenvalue weighted by Crippen LogP contribution is -2.37. The third-order valence-electron chi connectivity index (χ3n) is 4.41. The first-order valence-electron chi connectivity index (χ1n) is 8.84. The molecule has 25 heavy (non-hydrogen) atoms. The van der Waals surface area contributed by atoms with Crippen molar-refractivity contribution in [1.29, 1.82) is 0 Å². The van der Waals surface area contributed by atoms with E-state index >= 15 is 0 Å². The van der Waals surface area contributed by atoms with Crippen LogP contribution >= 0.6 is 0 Å². The molecule has 0 saturated carbocycles. The van der Waals surface area contributed by atoms with Crippen LogP contribution < -0.4 is 0 Å². The summed E-state index contributed by atoms with van der Waals surface area (Å²) in [6.45, 7) is 10.6. The lowest BCUT2D eigenvalue weighted by Gasteiger charge is -2.27. The fourth-order valence-electron chi connectivity index (χ4n) is 3.21. The maximum Gasteiger partial charge on any atom is 0.410 e. The number of rotatable bonds is 2. The Balaban J connectivity index is 1.82. The fraction of sp³-hybridized carbons (Fsp3) is 0.500. The first kappa shape index (κ1) is 17.5. The smallest absolute Gasteiger partial charge is 0.410 e. The minimum absolute atomic E-state index is 0.0657. The number of carbonyl (C=O) groups is 1. The molecule has 1 aliphatic rings. The van der Waals surface area contributed by atoms with Gasteiger partial charge in [-0.1, -0.05) is 36.8 Å². The molecule has 1 saturated heterocycles. The molecule has 2 atom stereocenters. The number of hydrogen-bond donors (Lipinski definition) is 1. The van der Waals surface area contributed by atoms with Crippen LogP contribution in [0.4, 0.5) is 4.79 Å². The average molecular weight is 341 g/mol. The highest BCUT2D eigenvalue weighted by Crippen LogP contribution is 2.35. The molecule has 0 unspecified atom stereocenters. The van der Waals surface area contributed by atoms with E-state index in [2.05, 4.69) is 48.1 Å². The van der Waals surface area contributed by atoms with E-state index in [0.717, 1.165) is 23.5 Å². The van der Waals surface area contributed by atoms with E-state index < -0.39 is 5.60 Å². The summed E-state index contributed by atoms with van der Waals surface area (Å²) in [7, 11) is 0. The van der Waals surface area contributed by atoms with E-state index in [-0.39, 0.29) is 12.1 Å². The standard InChI is InChI=1S/C20H27N3O2/c1-13-6-8-15(9-7-13)16-11-21-18(22-16)17-10-14(2)12-23(17)19(24)25-20(3,4)5/h6-9,11,14,17H,10,12H2,1-5H3,(H,21,22)/t14-,17+/m1/s1. The second-order valence-electron chi connectivity index (χ2n) is 8.04. The van der Waals surface area contributed by atoms with Crippen molar-refractivity contribution in [3.8, 4) is 11.3 Å². The number of aromatic nitrogens is 2. The topological polar surface area (TPSA) is 58.2 Å². The molecule has 1 aromatic heterocycles. The molecule has 0 spiro atoms. The van der Waals surface area contributed by atoms with Crippen LogP contribution in [0.3, 0.4) is 0 Å². The number of likely N-dealkylation sites (tertiary alicyclic amines) is 1. The third-order valence-corrected chi connectivity index (χ3v) is 4.41. The number of hydrogen-bond acceptors (Lipinski definition) is 3. The van der Waals surface area contributed by atoms with Gasteiger partial charge in [-0.25, -0.2) is 9.78 Å². The normalized spacial score (nSPS) is 20.8. The van der Waals surface area contributed by atoms with Crippen LogP contribution in [0.25, 0.3) is 11.3 Å². The molecule has 1 N–H and O–H groups in total. The zero-order chi connectivity index (χ0) is 18.2. The number of nitrogens with zero attached hydrogens (tertiary/aromatic N) is 2. The number of nitrogens with one attached hydrogen (secondary N) is 1. The summed E-state index contributed by atoms with van der Waals surface area (Å²) < 4.78 is 5.57. The number of H-pyrrole nitrogens is 1. The average Bonchev–Trinajstić information content (AvgIpc) is 3.12. The van der Waals surface area contributed by atoms with Crippen LogP contribution in [0, 0.1) is 12.8 Å². The molecule has 1 aromatic carbocycles. The second kappa shape index (κ2) is 6.54. The highest BCUT2D eigenvalue weighted by atomic mass is 16.6. The summed E-state index contributed by atoms with van der Waals surface area (Å²) in [5.74, 6) is 1.25. The summed E-state index contributed by atoms with van der Waals surface area (Å²) in [6.07, 6.45) is 2.46. The van der Waals surface area contributed by atoms with Gasteiger partial charge in [-0.3, -0.25) is 4.90 Å². The molecule has 1 fully saturated rings. The van der Waals surface area contributed by atoms with Crippen LogP contribution in [-0.2, 0) is 4.74 Å². The van der Waals surface area contributed by atoms with Crippen molar-refractivity contribution >= 4 is 6.09 Å². The third kappa shape index (κ3) is 4.03. The van der Waals surface area contributed by atoms with Crippen molar-refractivity contribution in [2.24, 2.45) is 5.92 Å². The Kier molecular flexibility index (Phi) is 4.58. The molecule has 1 aliphatic heterocycles. The summed E-state index contributed by atoms with van der Waals surface area (Å²) in [4.78, 5) is 22.3. The Bertz CT molecular complexity index is 743. The van der Waals surface area contributed by atoms with Crippen LogP contribution in [-0.4, -0.2) is 33.1 Å². The van der Waals surface area contributed by atoms with Crippen LogP contribution in [0.15, 0.2) is 30.5 Å². The number of carbonyl (C=O) groups excluding carboxylic acids is 1. The largest absolute Gasteiger partial charge is 0.444 e. The van der Waals surface area contributed by atoms with Crippen LogP contribution in [0.5, 0.6) is 0 Å². The molecular formula is C20H27N3O2. The van der Waals surface area contributed by atoms with Gasteiger partial charge >= 0.3 is 6.09 Å². The summed E-state index contributed by atoms with van der Waals surface area (Å²) in [6, 6.07) is 8.26. The van der Waals surface area contributed by atoms with Crippen molar-refractivity contribution in [2.75, 3.05) is 6.54 Å². The number of aryl methyl sites for hydroxylation is 1. The highest BCUT2D eigenvalue weighted by molar-refractivity contribution is 5.69. The van der Waals surface area contributed by atoms with Crippen molar-refractivity contribution in [1.82, 2.24) is 14.9 Å². The molecule has 2 heterocycles. The Morgan fingerprint density at radius 3 is 2.60 bits per heavy atom. The van der Waals surface area contributed by atoms with Crippen molar-refractivity contribution in [2.45, 2.75) is 52.7 Å². The van der Waals surface area contributed by atoms with Gasteiger partial charge in [-0.05, 0) is 45.6 Å². The summed E-state index contributed by atoms with van der Waals surface area (Å²) in [5, 5.41) is 0. The summed E-state index contributed by atoms with van der Waals surface area (Å²) in [5.41, 5.74) is 2.80. The van der Waals surface area contributed by atoms with Gasteiger partial charge in [0.1, 0.15) is 11.4 Å². The Hall–Kier alpha value is -2.30. The van der Waals surface area contributed by atoms with E-state index in [1.54, 1.807) is 4.90 Å². The number of ether oxygens (including phenoxy) is 1. The van der Waals surface area contributed by atoms with Crippen molar-refractivity contribution in [3.05, 3.63) is 41.9 Å². The van der Waals surface area contributed by atoms with Gasteiger partial charge in [0.15, 0.2) is 0 Å². The monoisotopic (exact) mass is 341 g/mol. The van der Waals surface area contributed by atoms with Gasteiger partial charge < -0.3 is 9.72 Å². The highest BCUT2D eigenvalue weighted by Gasteiger charge is 2.38. The molecule has 134 valence electrons. The number of benzene rings is 1. The Labute approximate surface area is 149 Å². The number of aromatic amines is 1. The Morgan fingerprint density at radius 2 is 1.96 bits per heavy atom. The quantitative estimate of drug-likeness (QED) is 0.861. The van der Waals surface area contributed by atoms with Crippen molar-refractivity contribution in [3.63, 3.8) is 0 Å². The molecular weight excluding hydrogens is 314 g/mol. The van der Waals surface area contributed by atoms with E-state index in [0.29, 0.717) is 12.5 Å². The minimum Gasteiger partial charge on any atom is -0.444 e. The van der Waals surface area contributed by atoms with E-state index in [1.165, 1.54) is 5.56 Å². The predicted molar refractivity (Wildman–Crippen MR) is 98.2 cm³/mol. The van der Waals surface area contributed by atoms with Crippen LogP contribution in [0.2, 0.25) is 0 Å². The molecule has 0 bridgehead atoms. The van der Waals surface area contributed by atoms with E-state index in [4.69, 9.17) is 4.74 Å². The molecule has 2 aromatic rings.